The molecule has 0 spiro atoms. The van der Waals surface area contributed by atoms with Crippen LogP contribution < -0.4 is 4.90 Å². The molecule has 7 nitrogen and oxygen atoms in total. The van der Waals surface area contributed by atoms with Gasteiger partial charge in [0.15, 0.2) is 0 Å². The Morgan fingerprint density at radius 3 is 2.60 bits per heavy atom. The van der Waals surface area contributed by atoms with E-state index in [0.717, 1.165) is 80.9 Å². The van der Waals surface area contributed by atoms with Crippen molar-refractivity contribution in [2.24, 2.45) is 0 Å². The summed E-state index contributed by atoms with van der Waals surface area (Å²) in [4.78, 5) is 30.7. The highest BCUT2D eigenvalue weighted by Gasteiger charge is 2.25. The zero-order valence-electron chi connectivity index (χ0n) is 17.0. The third kappa shape index (κ3) is 3.94. The van der Waals surface area contributed by atoms with Gasteiger partial charge in [-0.05, 0) is 11.4 Å². The highest BCUT2D eigenvalue weighted by Crippen LogP contribution is 2.40. The van der Waals surface area contributed by atoms with Gasteiger partial charge in [-0.3, -0.25) is 9.69 Å². The van der Waals surface area contributed by atoms with Crippen LogP contribution in [0.3, 0.4) is 0 Å². The number of nitrogens with zero attached hydrogens (tertiary/aromatic N) is 5. The number of ether oxygens (including phenoxy) is 1. The van der Waals surface area contributed by atoms with Crippen LogP contribution in [0.5, 0.6) is 0 Å². The highest BCUT2D eigenvalue weighted by atomic mass is 32.1. The average molecular weight is 444 g/mol. The van der Waals surface area contributed by atoms with Gasteiger partial charge in [-0.25, -0.2) is 9.97 Å². The molecule has 2 aliphatic rings. The second kappa shape index (κ2) is 8.58. The zero-order chi connectivity index (χ0) is 20.5. The second-order valence-electron chi connectivity index (χ2n) is 7.65. The molecule has 158 valence electrons. The summed E-state index contributed by atoms with van der Waals surface area (Å²) in [6, 6.07) is 4.24. The first-order valence-electron chi connectivity index (χ1n) is 10.3. The van der Waals surface area contributed by atoms with Crippen molar-refractivity contribution in [1.82, 2.24) is 19.8 Å². The van der Waals surface area contributed by atoms with Crippen LogP contribution in [-0.2, 0) is 16.1 Å². The lowest BCUT2D eigenvalue weighted by molar-refractivity contribution is -0.129. The molecular formula is C21H25N5O2S2. The normalized spacial score (nSPS) is 18.3. The monoisotopic (exact) mass is 443 g/mol. The van der Waals surface area contributed by atoms with Crippen molar-refractivity contribution in [2.75, 3.05) is 57.4 Å². The van der Waals surface area contributed by atoms with Gasteiger partial charge in [0.25, 0.3) is 0 Å². The Labute approximate surface area is 183 Å². The Kier molecular flexibility index (Phi) is 5.68. The summed E-state index contributed by atoms with van der Waals surface area (Å²) in [6.07, 6.45) is 0. The van der Waals surface area contributed by atoms with Gasteiger partial charge in [0.1, 0.15) is 16.5 Å². The fourth-order valence-electron chi connectivity index (χ4n) is 4.07. The fraction of sp³-hybridized carbons (Fsp3) is 0.476. The lowest BCUT2D eigenvalue weighted by Gasteiger charge is -2.35. The second-order valence-corrected chi connectivity index (χ2v) is 9.46. The lowest BCUT2D eigenvalue weighted by Crippen LogP contribution is -2.48. The average Bonchev–Trinajstić information content (AvgIpc) is 3.44. The van der Waals surface area contributed by atoms with Gasteiger partial charge in [-0.15, -0.1) is 22.7 Å². The van der Waals surface area contributed by atoms with Crippen LogP contribution in [0.1, 0.15) is 12.7 Å². The molecule has 5 rings (SSSR count). The minimum atomic E-state index is 0.144. The molecule has 2 fully saturated rings. The molecule has 9 heteroatoms. The molecule has 0 radical (unpaired) electrons. The van der Waals surface area contributed by atoms with E-state index in [1.165, 1.54) is 10.4 Å². The number of morpholine rings is 1. The zero-order valence-corrected chi connectivity index (χ0v) is 18.7. The molecule has 3 aromatic heterocycles. The Balaban J connectivity index is 1.52. The molecule has 0 saturated carbocycles. The van der Waals surface area contributed by atoms with Gasteiger partial charge in [0.2, 0.25) is 5.91 Å². The van der Waals surface area contributed by atoms with Crippen LogP contribution >= 0.6 is 22.7 Å². The Morgan fingerprint density at radius 1 is 1.10 bits per heavy atom. The number of thiophene rings is 2. The summed E-state index contributed by atoms with van der Waals surface area (Å²) in [5.74, 6) is 2.02. The van der Waals surface area contributed by atoms with Gasteiger partial charge in [-0.2, -0.15) is 0 Å². The number of anilines is 1. The first kappa shape index (κ1) is 19.9. The molecule has 0 unspecified atom stereocenters. The first-order valence-corrected chi connectivity index (χ1v) is 12.1. The number of amides is 1. The number of rotatable bonds is 4. The number of fused-ring (bicyclic) bond motifs is 1. The minimum Gasteiger partial charge on any atom is -0.379 e. The van der Waals surface area contributed by atoms with Crippen molar-refractivity contribution in [2.45, 2.75) is 13.5 Å². The molecule has 2 aliphatic heterocycles. The van der Waals surface area contributed by atoms with E-state index in [2.05, 4.69) is 32.7 Å². The SMILES string of the molecule is CC(=O)N1CCN(c2nc(CN3CCOCC3)nc3scc(-c4cccs4)c23)CC1. The van der Waals surface area contributed by atoms with Gasteiger partial charge < -0.3 is 14.5 Å². The van der Waals surface area contributed by atoms with E-state index < -0.39 is 0 Å². The molecule has 5 heterocycles. The van der Waals surface area contributed by atoms with Crippen molar-refractivity contribution in [1.29, 1.82) is 0 Å². The number of piperazine rings is 1. The number of carbonyl (C=O) groups excluding carboxylic acids is 1. The maximum atomic E-state index is 11.8. The van der Waals surface area contributed by atoms with E-state index in [-0.39, 0.29) is 5.91 Å². The van der Waals surface area contributed by atoms with Crippen LogP contribution in [0.2, 0.25) is 0 Å². The largest absolute Gasteiger partial charge is 0.379 e. The molecule has 30 heavy (non-hydrogen) atoms. The number of carbonyl (C=O) groups is 1. The molecule has 0 bridgehead atoms. The molecule has 2 saturated heterocycles. The topological polar surface area (TPSA) is 61.8 Å². The quantitative estimate of drug-likeness (QED) is 0.618. The van der Waals surface area contributed by atoms with Crippen LogP contribution in [0.4, 0.5) is 5.82 Å². The van der Waals surface area contributed by atoms with Gasteiger partial charge in [0, 0.05) is 62.0 Å². The number of aromatic nitrogens is 2. The molecule has 0 aromatic carbocycles. The van der Waals surface area contributed by atoms with Crippen molar-refractivity contribution >= 4 is 44.6 Å². The van der Waals surface area contributed by atoms with Crippen LogP contribution in [0.15, 0.2) is 22.9 Å². The predicted octanol–water partition coefficient (Wildman–Crippen LogP) is 2.92. The van der Waals surface area contributed by atoms with E-state index in [1.807, 2.05) is 4.90 Å². The summed E-state index contributed by atoms with van der Waals surface area (Å²) in [5.41, 5.74) is 1.21. The van der Waals surface area contributed by atoms with E-state index in [0.29, 0.717) is 0 Å². The summed E-state index contributed by atoms with van der Waals surface area (Å²) in [6.45, 7) is 8.81. The summed E-state index contributed by atoms with van der Waals surface area (Å²) in [5, 5.41) is 5.46. The van der Waals surface area contributed by atoms with E-state index >= 15 is 0 Å². The molecule has 0 N–H and O–H groups in total. The van der Waals surface area contributed by atoms with Gasteiger partial charge >= 0.3 is 0 Å². The van der Waals surface area contributed by atoms with Crippen molar-refractivity contribution in [3.8, 4) is 10.4 Å². The van der Waals surface area contributed by atoms with E-state index in [4.69, 9.17) is 14.7 Å². The van der Waals surface area contributed by atoms with Crippen LogP contribution in [-0.4, -0.2) is 78.2 Å². The van der Waals surface area contributed by atoms with E-state index in [9.17, 15) is 4.79 Å². The molecule has 0 aliphatic carbocycles. The summed E-state index contributed by atoms with van der Waals surface area (Å²) >= 11 is 3.44. The number of hydrogen-bond acceptors (Lipinski definition) is 8. The van der Waals surface area contributed by atoms with Crippen LogP contribution in [0.25, 0.3) is 20.7 Å². The third-order valence-electron chi connectivity index (χ3n) is 5.74. The van der Waals surface area contributed by atoms with Crippen molar-refractivity contribution in [3.63, 3.8) is 0 Å². The predicted molar refractivity (Wildman–Crippen MR) is 121 cm³/mol. The van der Waals surface area contributed by atoms with Crippen molar-refractivity contribution in [3.05, 3.63) is 28.7 Å². The maximum Gasteiger partial charge on any atom is 0.219 e. The summed E-state index contributed by atoms with van der Waals surface area (Å²) in [7, 11) is 0. The van der Waals surface area contributed by atoms with Crippen molar-refractivity contribution < 1.29 is 9.53 Å². The molecular weight excluding hydrogens is 418 g/mol. The summed E-state index contributed by atoms with van der Waals surface area (Å²) < 4.78 is 5.48. The third-order valence-corrected chi connectivity index (χ3v) is 7.52. The Bertz CT molecular complexity index is 1020. The van der Waals surface area contributed by atoms with Gasteiger partial charge in [-0.1, -0.05) is 6.07 Å². The van der Waals surface area contributed by atoms with Gasteiger partial charge in [0.05, 0.1) is 25.1 Å². The molecule has 1 amide bonds. The standard InChI is InChI=1S/C21H25N5O2S2/c1-15(27)25-4-6-26(7-5-25)20-19-16(17-3-2-12-29-17)14-30-21(19)23-18(22-20)13-24-8-10-28-11-9-24/h2-3,12,14H,4-11,13H2,1H3. The van der Waals surface area contributed by atoms with Crippen LogP contribution in [0, 0.1) is 0 Å². The Morgan fingerprint density at radius 2 is 1.90 bits per heavy atom. The minimum absolute atomic E-state index is 0.144. The highest BCUT2D eigenvalue weighted by molar-refractivity contribution is 7.18. The first-order chi connectivity index (χ1) is 14.7. The lowest BCUT2D eigenvalue weighted by atomic mass is 10.1. The smallest absolute Gasteiger partial charge is 0.219 e. The number of hydrogen-bond donors (Lipinski definition) is 0. The fourth-order valence-corrected chi connectivity index (χ4v) is 5.85. The Hall–Kier alpha value is -2.07. The molecule has 3 aromatic rings. The molecule has 0 atom stereocenters. The van der Waals surface area contributed by atoms with E-state index in [1.54, 1.807) is 29.6 Å². The maximum absolute atomic E-state index is 11.8.